The van der Waals surface area contributed by atoms with Gasteiger partial charge in [0, 0.05) is 12.6 Å². The molecule has 0 aromatic rings. The van der Waals surface area contributed by atoms with Crippen molar-refractivity contribution in [1.29, 1.82) is 0 Å². The van der Waals surface area contributed by atoms with Gasteiger partial charge >= 0.3 is 11.9 Å². The zero-order valence-electron chi connectivity index (χ0n) is 37.6. The van der Waals surface area contributed by atoms with E-state index in [0.717, 1.165) is 116 Å². The van der Waals surface area contributed by atoms with E-state index in [1.54, 1.807) is 0 Å². The van der Waals surface area contributed by atoms with Gasteiger partial charge in [0.25, 0.3) is 0 Å². The Morgan fingerprint density at radius 1 is 0.554 bits per heavy atom. The zero-order chi connectivity index (χ0) is 40.7. The van der Waals surface area contributed by atoms with Gasteiger partial charge < -0.3 is 14.6 Å². The Kier molecular flexibility index (Phi) is 36.3. The zero-order valence-corrected chi connectivity index (χ0v) is 37.6. The van der Waals surface area contributed by atoms with Crippen LogP contribution in [0, 0.1) is 11.8 Å². The van der Waals surface area contributed by atoms with E-state index in [9.17, 15) is 14.7 Å². The molecule has 0 aromatic heterocycles. The lowest BCUT2D eigenvalue weighted by molar-refractivity contribution is -0.149. The Bertz CT molecular complexity index is 950. The number of unbranched alkanes of at least 4 members (excludes halogenated alkanes) is 18. The Morgan fingerprint density at radius 3 is 1.75 bits per heavy atom. The standard InChI is InChI=1S/C50H93NO5/c1-5-9-13-17-19-27-37-45(35-25-15-11-7-3)49(53)55-43-33-23-21-31-41-51(47-39-29-30-40-48(47)52)42-32-22-24-34-44-56-50(54)46(36-26-16-12-8-4)38-28-20-18-14-10-6-2/h21,23,26,36,45-48,52H,5-20,22,24-25,27-35,37-44H2,1-4H3/b23-21+,36-26-. The molecule has 4 atom stereocenters. The van der Waals surface area contributed by atoms with Crippen LogP contribution in [0.2, 0.25) is 0 Å². The Labute approximate surface area is 347 Å². The predicted octanol–water partition coefficient (Wildman–Crippen LogP) is 14.0. The molecule has 1 aliphatic carbocycles. The van der Waals surface area contributed by atoms with Crippen LogP contribution in [0.3, 0.4) is 0 Å². The Hall–Kier alpha value is -1.66. The molecule has 4 unspecified atom stereocenters. The number of aliphatic hydroxyl groups is 1. The highest BCUT2D eigenvalue weighted by Gasteiger charge is 2.28. The van der Waals surface area contributed by atoms with E-state index in [0.29, 0.717) is 13.2 Å². The smallest absolute Gasteiger partial charge is 0.312 e. The highest BCUT2D eigenvalue weighted by atomic mass is 16.5. The molecule has 1 fully saturated rings. The number of hydrogen-bond acceptors (Lipinski definition) is 6. The van der Waals surface area contributed by atoms with Gasteiger partial charge in [-0.25, -0.2) is 0 Å². The monoisotopic (exact) mass is 788 g/mol. The van der Waals surface area contributed by atoms with E-state index in [2.05, 4.69) is 56.9 Å². The third-order valence-corrected chi connectivity index (χ3v) is 11.9. The second kappa shape index (κ2) is 38.8. The second-order valence-corrected chi connectivity index (χ2v) is 17.1. The van der Waals surface area contributed by atoms with Crippen molar-refractivity contribution >= 4 is 11.9 Å². The highest BCUT2D eigenvalue weighted by molar-refractivity contribution is 5.74. The van der Waals surface area contributed by atoms with Crippen LogP contribution in [0.25, 0.3) is 0 Å². The van der Waals surface area contributed by atoms with Crippen LogP contribution in [-0.2, 0) is 19.1 Å². The largest absolute Gasteiger partial charge is 0.465 e. The van der Waals surface area contributed by atoms with Crippen molar-refractivity contribution in [2.75, 3.05) is 26.3 Å². The van der Waals surface area contributed by atoms with Gasteiger partial charge in [-0.3, -0.25) is 14.5 Å². The first-order valence-electron chi connectivity index (χ1n) is 24.5. The van der Waals surface area contributed by atoms with Gasteiger partial charge in [-0.1, -0.05) is 193 Å². The summed E-state index contributed by atoms with van der Waals surface area (Å²) in [5.74, 6) is -0.0703. The number of esters is 2. The van der Waals surface area contributed by atoms with Crippen molar-refractivity contribution in [3.05, 3.63) is 24.3 Å². The molecule has 1 aliphatic rings. The van der Waals surface area contributed by atoms with Crippen molar-refractivity contribution in [3.63, 3.8) is 0 Å². The molecule has 56 heavy (non-hydrogen) atoms. The number of nitrogens with zero attached hydrogens (tertiary/aromatic N) is 1. The molecule has 6 heteroatoms. The fourth-order valence-electron chi connectivity index (χ4n) is 8.22. The molecule has 0 amide bonds. The fraction of sp³-hybridized carbons (Fsp3) is 0.880. The van der Waals surface area contributed by atoms with Gasteiger partial charge in [0.05, 0.1) is 31.2 Å². The lowest BCUT2D eigenvalue weighted by atomic mass is 9.91. The molecule has 1 rings (SSSR count). The lowest BCUT2D eigenvalue weighted by Crippen LogP contribution is -2.46. The van der Waals surface area contributed by atoms with Crippen LogP contribution in [-0.4, -0.2) is 60.4 Å². The number of allylic oxidation sites excluding steroid dienone is 1. The fourth-order valence-corrected chi connectivity index (χ4v) is 8.22. The number of carbonyl (C=O) groups is 2. The molecular weight excluding hydrogens is 695 g/mol. The lowest BCUT2D eigenvalue weighted by Gasteiger charge is -2.37. The number of hydrogen-bond donors (Lipinski definition) is 1. The summed E-state index contributed by atoms with van der Waals surface area (Å²) in [6, 6.07) is 0.244. The van der Waals surface area contributed by atoms with Crippen LogP contribution in [0.1, 0.15) is 233 Å². The SMILES string of the molecule is CCCC/C=C\C(CCCCCCCC)C(=O)OCCCCCCN(CC/C=C/CCOC(=O)C(CCCCCC)CCCCCCCC)C1CCCCC1O. The topological polar surface area (TPSA) is 76.1 Å². The average molecular weight is 788 g/mol. The van der Waals surface area contributed by atoms with Gasteiger partial charge in [0.15, 0.2) is 0 Å². The summed E-state index contributed by atoms with van der Waals surface area (Å²) in [7, 11) is 0. The molecule has 0 aromatic carbocycles. The molecule has 0 heterocycles. The molecular formula is C50H93NO5. The summed E-state index contributed by atoms with van der Waals surface area (Å²) in [6.07, 6.45) is 44.6. The van der Waals surface area contributed by atoms with Gasteiger partial charge in [-0.15, -0.1) is 0 Å². The summed E-state index contributed by atoms with van der Waals surface area (Å²) in [5, 5.41) is 10.9. The quantitative estimate of drug-likeness (QED) is 0.0380. The molecule has 1 N–H and O–H groups in total. The summed E-state index contributed by atoms with van der Waals surface area (Å²) in [4.78, 5) is 28.5. The number of aliphatic hydroxyl groups excluding tert-OH is 1. The maximum absolute atomic E-state index is 13.0. The minimum absolute atomic E-state index is 0.0155. The van der Waals surface area contributed by atoms with Crippen LogP contribution >= 0.6 is 0 Å². The number of ether oxygens (including phenoxy) is 2. The summed E-state index contributed by atoms with van der Waals surface area (Å²) in [6.45, 7) is 11.9. The second-order valence-electron chi connectivity index (χ2n) is 17.1. The van der Waals surface area contributed by atoms with Crippen LogP contribution < -0.4 is 0 Å². The van der Waals surface area contributed by atoms with Gasteiger partial charge in [0.2, 0.25) is 0 Å². The van der Waals surface area contributed by atoms with Gasteiger partial charge in [-0.2, -0.15) is 0 Å². The first-order chi connectivity index (χ1) is 27.5. The van der Waals surface area contributed by atoms with E-state index in [1.807, 2.05) is 0 Å². The van der Waals surface area contributed by atoms with Crippen LogP contribution in [0.4, 0.5) is 0 Å². The van der Waals surface area contributed by atoms with Gasteiger partial charge in [-0.05, 0) is 70.8 Å². The van der Waals surface area contributed by atoms with E-state index in [4.69, 9.17) is 9.47 Å². The maximum atomic E-state index is 13.0. The molecule has 1 saturated carbocycles. The third-order valence-electron chi connectivity index (χ3n) is 11.9. The summed E-state index contributed by atoms with van der Waals surface area (Å²) in [5.41, 5.74) is 0. The van der Waals surface area contributed by atoms with Crippen molar-refractivity contribution in [1.82, 2.24) is 4.90 Å². The minimum Gasteiger partial charge on any atom is -0.465 e. The predicted molar refractivity (Wildman–Crippen MR) is 239 cm³/mol. The summed E-state index contributed by atoms with van der Waals surface area (Å²) >= 11 is 0. The van der Waals surface area contributed by atoms with E-state index < -0.39 is 0 Å². The van der Waals surface area contributed by atoms with Crippen molar-refractivity contribution in [2.45, 2.75) is 245 Å². The van der Waals surface area contributed by atoms with Crippen LogP contribution in [0.5, 0.6) is 0 Å². The maximum Gasteiger partial charge on any atom is 0.312 e. The van der Waals surface area contributed by atoms with E-state index >= 15 is 0 Å². The van der Waals surface area contributed by atoms with Crippen molar-refractivity contribution in [2.24, 2.45) is 11.8 Å². The molecule has 0 saturated heterocycles. The molecule has 328 valence electrons. The highest BCUT2D eigenvalue weighted by Crippen LogP contribution is 2.25. The van der Waals surface area contributed by atoms with Crippen molar-refractivity contribution in [3.8, 4) is 0 Å². The van der Waals surface area contributed by atoms with E-state index in [-0.39, 0.29) is 35.9 Å². The van der Waals surface area contributed by atoms with Crippen molar-refractivity contribution < 1.29 is 24.2 Å². The first kappa shape index (κ1) is 52.4. The van der Waals surface area contributed by atoms with Crippen LogP contribution in [0.15, 0.2) is 24.3 Å². The minimum atomic E-state index is -0.238. The Morgan fingerprint density at radius 2 is 1.09 bits per heavy atom. The summed E-state index contributed by atoms with van der Waals surface area (Å²) < 4.78 is 11.6. The first-order valence-corrected chi connectivity index (χ1v) is 24.5. The number of carbonyl (C=O) groups excluding carboxylic acids is 2. The third kappa shape index (κ3) is 28.7. The molecule has 0 spiro atoms. The number of rotatable bonds is 39. The van der Waals surface area contributed by atoms with Gasteiger partial charge in [0.1, 0.15) is 0 Å². The molecule has 6 nitrogen and oxygen atoms in total. The normalized spacial score (nSPS) is 17.2. The molecule has 0 bridgehead atoms. The Balaban J connectivity index is 2.45. The molecule has 0 aliphatic heterocycles. The molecule has 0 radical (unpaired) electrons. The van der Waals surface area contributed by atoms with E-state index in [1.165, 1.54) is 103 Å². The average Bonchev–Trinajstić information content (AvgIpc) is 3.20.